The van der Waals surface area contributed by atoms with Crippen LogP contribution in [0.3, 0.4) is 0 Å². The zero-order valence-electron chi connectivity index (χ0n) is 19.0. The van der Waals surface area contributed by atoms with Crippen molar-refractivity contribution < 1.29 is 21.9 Å². The third-order valence-corrected chi connectivity index (χ3v) is 2.47. The monoisotopic (exact) mass is 272 g/mol. The van der Waals surface area contributed by atoms with E-state index in [0.29, 0.717) is 0 Å². The molecule has 0 unspecified atom stereocenters. The van der Waals surface area contributed by atoms with Crippen molar-refractivity contribution in [3.63, 3.8) is 0 Å². The SMILES string of the molecule is [2H]C([2H])([2H])C([C@H](N[C@H](C(N)=O)c1ccccc1)C(N)=O)(C([2H])([2H])[2H])C([2H])([2H])[2H]. The first-order valence-electron chi connectivity index (χ1n) is 9.88. The molecule has 0 aliphatic carbocycles. The van der Waals surface area contributed by atoms with Gasteiger partial charge >= 0.3 is 0 Å². The summed E-state index contributed by atoms with van der Waals surface area (Å²) in [5.41, 5.74) is 7.12. The van der Waals surface area contributed by atoms with Crippen LogP contribution in [0, 0.1) is 5.41 Å². The van der Waals surface area contributed by atoms with Gasteiger partial charge in [-0.2, -0.15) is 0 Å². The molecule has 0 saturated heterocycles. The molecule has 0 fully saturated rings. The maximum Gasteiger partial charge on any atom is 0.239 e. The summed E-state index contributed by atoms with van der Waals surface area (Å²) >= 11 is 0. The molecule has 104 valence electrons. The average Bonchev–Trinajstić information content (AvgIpc) is 2.47. The Labute approximate surface area is 126 Å². The first kappa shape index (κ1) is 6.52. The standard InChI is InChI=1S/C14H21N3O2/c1-14(2,3)11(13(16)19)17-10(12(15)18)9-7-5-4-6-8-9/h4-8,10-11,17H,1-3H3,(H2,15,18)(H2,16,19)/t10-,11+/m0/s1/i1D3,2D3,3D3. The van der Waals surface area contributed by atoms with E-state index in [9.17, 15) is 9.59 Å². The Bertz CT molecular complexity index is 677. The molecule has 1 aromatic rings. The third kappa shape index (κ3) is 4.06. The van der Waals surface area contributed by atoms with Crippen molar-refractivity contribution in [1.82, 2.24) is 5.32 Å². The number of nitrogens with two attached hydrogens (primary N) is 2. The van der Waals surface area contributed by atoms with Crippen LogP contribution in [0.5, 0.6) is 0 Å². The number of rotatable bonds is 5. The molecule has 0 spiro atoms. The average molecular weight is 272 g/mol. The van der Waals surface area contributed by atoms with E-state index in [-0.39, 0.29) is 5.56 Å². The Morgan fingerprint density at radius 3 is 2.16 bits per heavy atom. The minimum Gasteiger partial charge on any atom is -0.368 e. The number of benzene rings is 1. The van der Waals surface area contributed by atoms with Gasteiger partial charge in [-0.1, -0.05) is 50.9 Å². The maximum absolute atomic E-state index is 12.1. The molecule has 0 aliphatic heterocycles. The van der Waals surface area contributed by atoms with Gasteiger partial charge in [0.15, 0.2) is 0 Å². The Morgan fingerprint density at radius 1 is 1.16 bits per heavy atom. The lowest BCUT2D eigenvalue weighted by Gasteiger charge is -2.31. The number of amides is 2. The molecule has 0 aromatic heterocycles. The van der Waals surface area contributed by atoms with E-state index in [1.165, 1.54) is 24.3 Å². The van der Waals surface area contributed by atoms with Crippen LogP contribution in [0.15, 0.2) is 30.3 Å². The van der Waals surface area contributed by atoms with Gasteiger partial charge in [-0.05, 0) is 11.0 Å². The van der Waals surface area contributed by atoms with Crippen LogP contribution >= 0.6 is 0 Å². The predicted octanol–water partition coefficient (Wildman–Crippen LogP) is 0.703. The van der Waals surface area contributed by atoms with Gasteiger partial charge in [-0.25, -0.2) is 0 Å². The number of primary amides is 2. The fraction of sp³-hybridized carbons (Fsp3) is 0.429. The van der Waals surface area contributed by atoms with Crippen LogP contribution in [-0.2, 0) is 9.59 Å². The Balaban J connectivity index is 3.75. The van der Waals surface area contributed by atoms with Crippen molar-refractivity contribution in [2.24, 2.45) is 16.9 Å². The lowest BCUT2D eigenvalue weighted by atomic mass is 9.85. The molecule has 1 rings (SSSR count). The van der Waals surface area contributed by atoms with E-state index in [1.54, 1.807) is 6.07 Å². The zero-order valence-corrected chi connectivity index (χ0v) is 10.0. The topological polar surface area (TPSA) is 98.2 Å². The normalized spacial score (nSPS) is 23.7. The van der Waals surface area contributed by atoms with E-state index < -0.39 is 49.9 Å². The van der Waals surface area contributed by atoms with Crippen molar-refractivity contribution in [3.8, 4) is 0 Å². The summed E-state index contributed by atoms with van der Waals surface area (Å²) in [5, 5.41) is 2.20. The summed E-state index contributed by atoms with van der Waals surface area (Å²) in [6.45, 7) is -11.1. The number of hydrogen-bond donors (Lipinski definition) is 3. The molecule has 0 bridgehead atoms. The third-order valence-electron chi connectivity index (χ3n) is 2.47. The van der Waals surface area contributed by atoms with E-state index in [0.717, 1.165) is 0 Å². The molecule has 19 heavy (non-hydrogen) atoms. The minimum absolute atomic E-state index is 0.164. The summed E-state index contributed by atoms with van der Waals surface area (Å²) in [7, 11) is 0. The molecule has 5 heteroatoms. The molecule has 5 N–H and O–H groups in total. The van der Waals surface area contributed by atoms with Crippen molar-refractivity contribution in [3.05, 3.63) is 35.9 Å². The molecule has 2 amide bonds. The summed E-state index contributed by atoms with van der Waals surface area (Å²) < 4.78 is 69.1. The molecular weight excluding hydrogens is 242 g/mol. The van der Waals surface area contributed by atoms with Crippen molar-refractivity contribution >= 4 is 11.8 Å². The minimum atomic E-state index is -3.69. The molecule has 2 atom stereocenters. The number of hydrogen-bond acceptors (Lipinski definition) is 3. The van der Waals surface area contributed by atoms with Crippen LogP contribution in [0.25, 0.3) is 0 Å². The second-order valence-electron chi connectivity index (χ2n) is 4.06. The highest BCUT2D eigenvalue weighted by Gasteiger charge is 2.33. The molecule has 0 heterocycles. The van der Waals surface area contributed by atoms with Crippen LogP contribution < -0.4 is 16.8 Å². The Morgan fingerprint density at radius 2 is 1.74 bits per heavy atom. The van der Waals surface area contributed by atoms with Crippen molar-refractivity contribution in [1.29, 1.82) is 0 Å². The summed E-state index contributed by atoms with van der Waals surface area (Å²) in [5.74, 6) is -2.65. The summed E-state index contributed by atoms with van der Waals surface area (Å²) in [4.78, 5) is 24.1. The van der Waals surface area contributed by atoms with Gasteiger partial charge in [0.2, 0.25) is 11.8 Å². The van der Waals surface area contributed by atoms with Gasteiger partial charge in [-0.3, -0.25) is 14.9 Å². The molecule has 0 aliphatic rings. The van der Waals surface area contributed by atoms with Gasteiger partial charge in [-0.15, -0.1) is 0 Å². The number of carbonyl (C=O) groups excluding carboxylic acids is 2. The molecular formula is C14H21N3O2. The van der Waals surface area contributed by atoms with Crippen molar-refractivity contribution in [2.75, 3.05) is 0 Å². The van der Waals surface area contributed by atoms with Gasteiger partial charge in [0.1, 0.15) is 6.04 Å². The molecule has 0 saturated carbocycles. The van der Waals surface area contributed by atoms with E-state index >= 15 is 0 Å². The van der Waals surface area contributed by atoms with Gasteiger partial charge in [0.05, 0.1) is 6.04 Å². The number of carbonyl (C=O) groups is 2. The van der Waals surface area contributed by atoms with Crippen LogP contribution in [0.2, 0.25) is 0 Å². The first-order chi connectivity index (χ1) is 12.5. The van der Waals surface area contributed by atoms with E-state index in [1.807, 2.05) is 0 Å². The van der Waals surface area contributed by atoms with Crippen LogP contribution in [0.4, 0.5) is 0 Å². The van der Waals surface area contributed by atoms with E-state index in [2.05, 4.69) is 5.32 Å². The summed E-state index contributed by atoms with van der Waals surface area (Å²) in [6, 6.07) is 3.41. The van der Waals surface area contributed by atoms with E-state index in [4.69, 9.17) is 23.8 Å². The van der Waals surface area contributed by atoms with Gasteiger partial charge in [0.25, 0.3) is 0 Å². The van der Waals surface area contributed by atoms with Crippen molar-refractivity contribution in [2.45, 2.75) is 32.6 Å². The molecule has 0 radical (unpaired) electrons. The fourth-order valence-corrected chi connectivity index (χ4v) is 1.58. The van der Waals surface area contributed by atoms with Gasteiger partial charge < -0.3 is 11.5 Å². The lowest BCUT2D eigenvalue weighted by Crippen LogP contribution is -2.53. The maximum atomic E-state index is 12.1. The first-order valence-corrected chi connectivity index (χ1v) is 5.38. The largest absolute Gasteiger partial charge is 0.368 e. The second-order valence-corrected chi connectivity index (χ2v) is 4.06. The zero-order chi connectivity index (χ0) is 22.1. The quantitative estimate of drug-likeness (QED) is 0.736. The molecule has 1 aromatic carbocycles. The second kappa shape index (κ2) is 5.84. The van der Waals surface area contributed by atoms with Crippen LogP contribution in [-0.4, -0.2) is 17.9 Å². The van der Waals surface area contributed by atoms with Gasteiger partial charge in [0, 0.05) is 12.3 Å². The lowest BCUT2D eigenvalue weighted by molar-refractivity contribution is -0.124. The fourth-order valence-electron chi connectivity index (χ4n) is 1.58. The highest BCUT2D eigenvalue weighted by Crippen LogP contribution is 2.22. The predicted molar refractivity (Wildman–Crippen MR) is 74.0 cm³/mol. The Hall–Kier alpha value is -1.88. The smallest absolute Gasteiger partial charge is 0.239 e. The van der Waals surface area contributed by atoms with Crippen LogP contribution in [0.1, 0.15) is 44.5 Å². The summed E-state index contributed by atoms with van der Waals surface area (Å²) in [6.07, 6.45) is 0. The number of nitrogens with one attached hydrogen (secondary N) is 1. The highest BCUT2D eigenvalue weighted by molar-refractivity contribution is 5.84. The molecule has 5 nitrogen and oxygen atoms in total. The highest BCUT2D eigenvalue weighted by atomic mass is 16.2. The Kier molecular flexibility index (Phi) is 2.00.